The number of β-amino-alcohol motifs (C(OH)–C–C–N with tert-alkyl or cyclic N) is 1. The van der Waals surface area contributed by atoms with Crippen LogP contribution in [-0.4, -0.2) is 66.0 Å². The number of aliphatic hydroxyl groups excluding tert-OH is 1. The fourth-order valence-corrected chi connectivity index (χ4v) is 4.25. The molecule has 6 nitrogen and oxygen atoms in total. The summed E-state index contributed by atoms with van der Waals surface area (Å²) in [7, 11) is 0. The molecule has 0 radical (unpaired) electrons. The van der Waals surface area contributed by atoms with Gasteiger partial charge in [-0.1, -0.05) is 30.3 Å². The number of piperazine rings is 1. The molecule has 2 heterocycles. The smallest absolute Gasteiger partial charge is 0.228 e. The van der Waals surface area contributed by atoms with Crippen LogP contribution in [0.15, 0.2) is 48.5 Å². The van der Waals surface area contributed by atoms with Gasteiger partial charge >= 0.3 is 0 Å². The second-order valence-corrected chi connectivity index (χ2v) is 8.09. The molecule has 2 saturated heterocycles. The molecule has 0 aromatic heterocycles. The number of nitrogens with zero attached hydrogens (tertiary/aromatic N) is 3. The van der Waals surface area contributed by atoms with Crippen molar-refractivity contribution < 1.29 is 23.5 Å². The summed E-state index contributed by atoms with van der Waals surface area (Å²) < 4.78 is 27.0. The molecule has 2 unspecified atom stereocenters. The Morgan fingerprint density at radius 1 is 1.03 bits per heavy atom. The molecule has 0 aliphatic carbocycles. The SMILES string of the molecule is O=C(C1CC(=O)N(c2cc(F)cc(F)c2)C1)N1CCN(CC(O)c2ccccc2)CC1. The first kappa shape index (κ1) is 21.4. The third-order valence-corrected chi connectivity index (χ3v) is 5.93. The normalized spacial score (nSPS) is 20.9. The lowest BCUT2D eigenvalue weighted by atomic mass is 10.1. The second kappa shape index (κ2) is 9.11. The van der Waals surface area contributed by atoms with Gasteiger partial charge in [-0.15, -0.1) is 0 Å². The Labute approximate surface area is 179 Å². The number of hydrogen-bond acceptors (Lipinski definition) is 4. The van der Waals surface area contributed by atoms with Crippen molar-refractivity contribution in [3.63, 3.8) is 0 Å². The van der Waals surface area contributed by atoms with Gasteiger partial charge in [0.05, 0.1) is 12.0 Å². The van der Waals surface area contributed by atoms with E-state index in [1.807, 2.05) is 30.3 Å². The summed E-state index contributed by atoms with van der Waals surface area (Å²) in [6.07, 6.45) is -0.555. The van der Waals surface area contributed by atoms with Crippen LogP contribution in [0.2, 0.25) is 0 Å². The number of hydrogen-bond donors (Lipinski definition) is 1. The minimum absolute atomic E-state index is 0.0316. The molecule has 0 spiro atoms. The zero-order valence-corrected chi connectivity index (χ0v) is 17.1. The Kier molecular flexibility index (Phi) is 6.29. The molecular weight excluding hydrogens is 404 g/mol. The van der Waals surface area contributed by atoms with Crippen molar-refractivity contribution in [1.29, 1.82) is 0 Å². The molecule has 164 valence electrons. The Bertz CT molecular complexity index is 928. The van der Waals surface area contributed by atoms with Crippen molar-refractivity contribution in [2.45, 2.75) is 12.5 Å². The summed E-state index contributed by atoms with van der Waals surface area (Å²) in [5.74, 6) is -2.47. The number of aliphatic hydroxyl groups is 1. The predicted octanol–water partition coefficient (Wildman–Crippen LogP) is 2.20. The average molecular weight is 429 g/mol. The number of rotatable bonds is 5. The number of amides is 2. The van der Waals surface area contributed by atoms with E-state index in [1.54, 1.807) is 4.90 Å². The van der Waals surface area contributed by atoms with Gasteiger partial charge in [-0.3, -0.25) is 14.5 Å². The number of benzene rings is 2. The molecule has 2 aromatic carbocycles. The molecule has 8 heteroatoms. The third-order valence-electron chi connectivity index (χ3n) is 5.93. The van der Waals surface area contributed by atoms with Gasteiger partial charge in [-0.2, -0.15) is 0 Å². The van der Waals surface area contributed by atoms with Crippen molar-refractivity contribution in [3.05, 3.63) is 65.7 Å². The van der Waals surface area contributed by atoms with E-state index < -0.39 is 23.7 Å². The quantitative estimate of drug-likeness (QED) is 0.792. The molecule has 2 aromatic rings. The Hall–Kier alpha value is -2.84. The number of halogens is 2. The van der Waals surface area contributed by atoms with E-state index >= 15 is 0 Å². The van der Waals surface area contributed by atoms with E-state index in [0.717, 1.165) is 23.8 Å². The van der Waals surface area contributed by atoms with Crippen molar-refractivity contribution in [1.82, 2.24) is 9.80 Å². The zero-order chi connectivity index (χ0) is 22.0. The van der Waals surface area contributed by atoms with Crippen LogP contribution in [-0.2, 0) is 9.59 Å². The van der Waals surface area contributed by atoms with E-state index in [-0.39, 0.29) is 30.5 Å². The molecule has 1 N–H and O–H groups in total. The van der Waals surface area contributed by atoms with E-state index in [1.165, 1.54) is 4.90 Å². The van der Waals surface area contributed by atoms with Gasteiger partial charge in [0.25, 0.3) is 0 Å². The van der Waals surface area contributed by atoms with Crippen molar-refractivity contribution in [2.75, 3.05) is 44.2 Å². The zero-order valence-electron chi connectivity index (χ0n) is 17.1. The van der Waals surface area contributed by atoms with Crippen LogP contribution in [0.4, 0.5) is 14.5 Å². The molecule has 2 fully saturated rings. The van der Waals surface area contributed by atoms with Crippen LogP contribution < -0.4 is 4.90 Å². The molecule has 0 bridgehead atoms. The molecule has 4 rings (SSSR count). The first-order valence-electron chi connectivity index (χ1n) is 10.4. The van der Waals surface area contributed by atoms with E-state index in [0.29, 0.717) is 32.7 Å². The lowest BCUT2D eigenvalue weighted by Gasteiger charge is -2.36. The van der Waals surface area contributed by atoms with Gasteiger partial charge in [0, 0.05) is 57.4 Å². The molecule has 2 amide bonds. The standard InChI is InChI=1S/C23H25F2N3O3/c24-18-11-19(25)13-20(12-18)28-14-17(10-22(28)30)23(31)27-8-6-26(7-9-27)15-21(29)16-4-2-1-3-5-16/h1-5,11-13,17,21,29H,6-10,14-15H2. The van der Waals surface area contributed by atoms with Crippen LogP contribution in [0.5, 0.6) is 0 Å². The summed E-state index contributed by atoms with van der Waals surface area (Å²) in [6.45, 7) is 2.91. The van der Waals surface area contributed by atoms with E-state index in [4.69, 9.17) is 0 Å². The maximum absolute atomic E-state index is 13.5. The highest BCUT2D eigenvalue weighted by Crippen LogP contribution is 2.28. The highest BCUT2D eigenvalue weighted by atomic mass is 19.1. The molecule has 31 heavy (non-hydrogen) atoms. The largest absolute Gasteiger partial charge is 0.387 e. The Balaban J connectivity index is 1.31. The summed E-state index contributed by atoms with van der Waals surface area (Å²) in [5, 5.41) is 10.4. The second-order valence-electron chi connectivity index (χ2n) is 8.09. The molecular formula is C23H25F2N3O3. The van der Waals surface area contributed by atoms with Crippen LogP contribution in [0.3, 0.4) is 0 Å². The van der Waals surface area contributed by atoms with Crippen LogP contribution in [0.25, 0.3) is 0 Å². The topological polar surface area (TPSA) is 64.1 Å². The van der Waals surface area contributed by atoms with Gasteiger partial charge in [-0.05, 0) is 17.7 Å². The van der Waals surface area contributed by atoms with Gasteiger partial charge in [0.2, 0.25) is 11.8 Å². The van der Waals surface area contributed by atoms with Gasteiger partial charge in [-0.25, -0.2) is 8.78 Å². The monoisotopic (exact) mass is 429 g/mol. The summed E-state index contributed by atoms with van der Waals surface area (Å²) in [4.78, 5) is 30.4. The number of carbonyl (C=O) groups is 2. The Morgan fingerprint density at radius 2 is 1.68 bits per heavy atom. The molecule has 0 saturated carbocycles. The van der Waals surface area contributed by atoms with Gasteiger partial charge in [0.1, 0.15) is 11.6 Å². The first-order chi connectivity index (χ1) is 14.9. The van der Waals surface area contributed by atoms with Crippen molar-refractivity contribution >= 4 is 17.5 Å². The maximum Gasteiger partial charge on any atom is 0.228 e. The Morgan fingerprint density at radius 3 is 2.32 bits per heavy atom. The fourth-order valence-electron chi connectivity index (χ4n) is 4.25. The van der Waals surface area contributed by atoms with Crippen molar-refractivity contribution in [3.8, 4) is 0 Å². The lowest BCUT2D eigenvalue weighted by molar-refractivity contribution is -0.137. The molecule has 2 atom stereocenters. The highest BCUT2D eigenvalue weighted by molar-refractivity contribution is 6.00. The highest BCUT2D eigenvalue weighted by Gasteiger charge is 2.38. The average Bonchev–Trinajstić information content (AvgIpc) is 3.15. The van der Waals surface area contributed by atoms with E-state index in [2.05, 4.69) is 4.90 Å². The van der Waals surface area contributed by atoms with Gasteiger partial charge in [0.15, 0.2) is 0 Å². The van der Waals surface area contributed by atoms with Crippen molar-refractivity contribution in [2.24, 2.45) is 5.92 Å². The fraction of sp³-hybridized carbons (Fsp3) is 0.391. The molecule has 2 aliphatic rings. The maximum atomic E-state index is 13.5. The van der Waals surface area contributed by atoms with Crippen LogP contribution in [0.1, 0.15) is 18.1 Å². The van der Waals surface area contributed by atoms with Crippen LogP contribution >= 0.6 is 0 Å². The lowest BCUT2D eigenvalue weighted by Crippen LogP contribution is -2.51. The van der Waals surface area contributed by atoms with Crippen LogP contribution in [0, 0.1) is 17.6 Å². The van der Waals surface area contributed by atoms with E-state index in [9.17, 15) is 23.5 Å². The molecule has 2 aliphatic heterocycles. The number of anilines is 1. The van der Waals surface area contributed by atoms with Gasteiger partial charge < -0.3 is 14.9 Å². The first-order valence-corrected chi connectivity index (χ1v) is 10.4. The summed E-state index contributed by atoms with van der Waals surface area (Å²) in [6, 6.07) is 12.4. The predicted molar refractivity (Wildman–Crippen MR) is 111 cm³/mol. The summed E-state index contributed by atoms with van der Waals surface area (Å²) >= 11 is 0. The number of carbonyl (C=O) groups excluding carboxylic acids is 2. The summed E-state index contributed by atoms with van der Waals surface area (Å²) in [5.41, 5.74) is 0.997. The third kappa shape index (κ3) is 4.91. The minimum Gasteiger partial charge on any atom is -0.387 e. The minimum atomic E-state index is -0.758.